The van der Waals surface area contributed by atoms with Gasteiger partial charge in [0.15, 0.2) is 5.16 Å². The molecule has 5 nitrogen and oxygen atoms in total. The van der Waals surface area contributed by atoms with Gasteiger partial charge in [-0.1, -0.05) is 18.7 Å². The Hall–Kier alpha value is -1.04. The number of carboxylic acids is 1. The largest absolute Gasteiger partial charge is 0.481 e. The van der Waals surface area contributed by atoms with Crippen LogP contribution in [-0.2, 0) is 11.3 Å². The van der Waals surface area contributed by atoms with Gasteiger partial charge in [-0.25, -0.2) is 0 Å². The van der Waals surface area contributed by atoms with Gasteiger partial charge in [0.05, 0.1) is 5.75 Å². The Bertz CT molecular complexity index is 480. The van der Waals surface area contributed by atoms with Crippen molar-refractivity contribution >= 4 is 17.7 Å². The number of thioether (sulfide) groups is 1. The number of carbonyl (C=O) groups is 1. The monoisotopic (exact) mass is 281 g/mol. The highest BCUT2D eigenvalue weighted by atomic mass is 32.2. The van der Waals surface area contributed by atoms with Crippen molar-refractivity contribution < 1.29 is 9.90 Å². The molecule has 0 spiro atoms. The smallest absolute Gasteiger partial charge is 0.313 e. The molecule has 1 heterocycles. The molecule has 0 amide bonds. The van der Waals surface area contributed by atoms with Gasteiger partial charge >= 0.3 is 5.97 Å². The molecule has 6 heteroatoms. The van der Waals surface area contributed by atoms with Gasteiger partial charge in [0, 0.05) is 12.5 Å². The van der Waals surface area contributed by atoms with E-state index < -0.39 is 5.97 Å². The number of rotatable bonds is 7. The first-order valence-corrected chi connectivity index (χ1v) is 7.91. The summed E-state index contributed by atoms with van der Waals surface area (Å²) >= 11 is 1.29. The molecule has 0 aliphatic heterocycles. The first-order chi connectivity index (χ1) is 9.15. The third kappa shape index (κ3) is 3.11. The molecule has 0 aromatic carbocycles. The van der Waals surface area contributed by atoms with Crippen molar-refractivity contribution in [1.82, 2.24) is 14.8 Å². The molecule has 0 saturated heterocycles. The van der Waals surface area contributed by atoms with E-state index in [-0.39, 0.29) is 5.75 Å². The van der Waals surface area contributed by atoms with Gasteiger partial charge in [0.1, 0.15) is 5.82 Å². The van der Waals surface area contributed by atoms with Gasteiger partial charge in [0.2, 0.25) is 0 Å². The summed E-state index contributed by atoms with van der Waals surface area (Å²) in [6.07, 6.45) is 5.05. The molecule has 1 unspecified atom stereocenters. The fourth-order valence-corrected chi connectivity index (χ4v) is 3.13. The highest BCUT2D eigenvalue weighted by Crippen LogP contribution is 2.42. The van der Waals surface area contributed by atoms with E-state index >= 15 is 0 Å². The van der Waals surface area contributed by atoms with Gasteiger partial charge in [-0.05, 0) is 37.5 Å². The van der Waals surface area contributed by atoms with E-state index in [9.17, 15) is 4.79 Å². The zero-order valence-corrected chi connectivity index (χ0v) is 11.9. The Morgan fingerprint density at radius 1 is 1.42 bits per heavy atom. The van der Waals surface area contributed by atoms with Crippen LogP contribution in [0.5, 0.6) is 0 Å². The van der Waals surface area contributed by atoms with Gasteiger partial charge in [-0.2, -0.15) is 0 Å². The average molecular weight is 281 g/mol. The van der Waals surface area contributed by atoms with Gasteiger partial charge < -0.3 is 9.67 Å². The molecule has 2 saturated carbocycles. The molecular formula is C13H19N3O2S. The molecule has 2 fully saturated rings. The van der Waals surface area contributed by atoms with Crippen LogP contribution in [0.3, 0.4) is 0 Å². The fraction of sp³-hybridized carbons (Fsp3) is 0.769. The maximum atomic E-state index is 10.7. The molecule has 1 aromatic rings. The summed E-state index contributed by atoms with van der Waals surface area (Å²) in [7, 11) is 0. The second-order valence-corrected chi connectivity index (χ2v) is 6.67. The second-order valence-electron chi connectivity index (χ2n) is 5.72. The van der Waals surface area contributed by atoms with Crippen molar-refractivity contribution in [3.8, 4) is 0 Å². The third-order valence-electron chi connectivity index (χ3n) is 3.91. The predicted octanol–water partition coefficient (Wildman–Crippen LogP) is 2.38. The van der Waals surface area contributed by atoms with Crippen molar-refractivity contribution in [2.24, 2.45) is 11.8 Å². The van der Waals surface area contributed by atoms with E-state index in [2.05, 4.69) is 21.7 Å². The number of carboxylic acid groups (broad SMARTS) is 1. The highest BCUT2D eigenvalue weighted by molar-refractivity contribution is 7.99. The number of hydrogen-bond donors (Lipinski definition) is 1. The lowest BCUT2D eigenvalue weighted by Crippen LogP contribution is -2.13. The lowest BCUT2D eigenvalue weighted by molar-refractivity contribution is -0.133. The zero-order chi connectivity index (χ0) is 13.4. The molecule has 104 valence electrons. The van der Waals surface area contributed by atoms with Crippen LogP contribution in [0.25, 0.3) is 0 Å². The van der Waals surface area contributed by atoms with Crippen molar-refractivity contribution in [2.45, 2.75) is 50.2 Å². The summed E-state index contributed by atoms with van der Waals surface area (Å²) in [5.74, 6) is 2.35. The number of aromatic nitrogens is 3. The Kier molecular flexibility index (Phi) is 3.52. The minimum atomic E-state index is -0.803. The maximum Gasteiger partial charge on any atom is 0.313 e. The summed E-state index contributed by atoms with van der Waals surface area (Å²) in [6.45, 7) is 3.21. The molecule has 0 bridgehead atoms. The quantitative estimate of drug-likeness (QED) is 0.777. The maximum absolute atomic E-state index is 10.7. The van der Waals surface area contributed by atoms with Gasteiger partial charge in [0.25, 0.3) is 0 Å². The van der Waals surface area contributed by atoms with E-state index in [1.54, 1.807) is 0 Å². The van der Waals surface area contributed by atoms with E-state index in [0.717, 1.165) is 23.4 Å². The van der Waals surface area contributed by atoms with Crippen molar-refractivity contribution in [1.29, 1.82) is 0 Å². The van der Waals surface area contributed by atoms with Crippen LogP contribution in [0, 0.1) is 11.8 Å². The molecule has 2 aliphatic carbocycles. The van der Waals surface area contributed by atoms with E-state index in [1.165, 1.54) is 37.4 Å². The summed E-state index contributed by atoms with van der Waals surface area (Å²) < 4.78 is 2.17. The van der Waals surface area contributed by atoms with Crippen molar-refractivity contribution in [3.05, 3.63) is 5.82 Å². The van der Waals surface area contributed by atoms with Crippen molar-refractivity contribution in [3.63, 3.8) is 0 Å². The molecule has 0 radical (unpaired) electrons. The van der Waals surface area contributed by atoms with E-state index in [4.69, 9.17) is 5.11 Å². The summed E-state index contributed by atoms with van der Waals surface area (Å²) in [6, 6.07) is 0. The summed E-state index contributed by atoms with van der Waals surface area (Å²) in [5, 5.41) is 18.1. The first-order valence-electron chi connectivity index (χ1n) is 6.93. The highest BCUT2D eigenvalue weighted by Gasteiger charge is 2.33. The normalized spacial score (nSPS) is 20.5. The number of nitrogens with zero attached hydrogens (tertiary/aromatic N) is 3. The SMILES string of the molecule is CC(Cn1c(SCC(=O)O)nnc1C1CC1)C1CC1. The molecule has 2 aliphatic rings. The van der Waals surface area contributed by atoms with Crippen LogP contribution in [0.1, 0.15) is 44.3 Å². The molecule has 3 rings (SSSR count). The lowest BCUT2D eigenvalue weighted by Gasteiger charge is -2.14. The average Bonchev–Trinajstić information content (AvgIpc) is 3.24. The predicted molar refractivity (Wildman–Crippen MR) is 72.2 cm³/mol. The van der Waals surface area contributed by atoms with E-state index in [0.29, 0.717) is 11.8 Å². The summed E-state index contributed by atoms with van der Waals surface area (Å²) in [4.78, 5) is 10.7. The molecule has 1 aromatic heterocycles. The van der Waals surface area contributed by atoms with Gasteiger partial charge in [-0.15, -0.1) is 10.2 Å². The molecular weight excluding hydrogens is 262 g/mol. The Labute approximate surface area is 116 Å². The minimum absolute atomic E-state index is 0.0562. The van der Waals surface area contributed by atoms with Crippen molar-refractivity contribution in [2.75, 3.05) is 5.75 Å². The van der Waals surface area contributed by atoms with Crippen LogP contribution in [-0.4, -0.2) is 31.6 Å². The third-order valence-corrected chi connectivity index (χ3v) is 4.86. The van der Waals surface area contributed by atoms with Crippen LogP contribution in [0.4, 0.5) is 0 Å². The minimum Gasteiger partial charge on any atom is -0.481 e. The van der Waals surface area contributed by atoms with Crippen LogP contribution >= 0.6 is 11.8 Å². The number of aliphatic carboxylic acids is 1. The zero-order valence-electron chi connectivity index (χ0n) is 11.1. The van der Waals surface area contributed by atoms with Gasteiger partial charge in [-0.3, -0.25) is 4.79 Å². The van der Waals surface area contributed by atoms with Crippen LogP contribution in [0.15, 0.2) is 5.16 Å². The first kappa shape index (κ1) is 13.0. The Morgan fingerprint density at radius 2 is 2.16 bits per heavy atom. The second kappa shape index (κ2) is 5.15. The van der Waals surface area contributed by atoms with Crippen LogP contribution < -0.4 is 0 Å². The fourth-order valence-electron chi connectivity index (χ4n) is 2.45. The molecule has 19 heavy (non-hydrogen) atoms. The standard InChI is InChI=1S/C13H19N3O2S/c1-8(9-2-3-9)6-16-12(10-4-5-10)14-15-13(16)19-7-11(17)18/h8-10H,2-7H2,1H3,(H,17,18). The van der Waals surface area contributed by atoms with E-state index in [1.807, 2.05) is 0 Å². The number of hydrogen-bond acceptors (Lipinski definition) is 4. The topological polar surface area (TPSA) is 68.0 Å². The Balaban J connectivity index is 1.75. The van der Waals surface area contributed by atoms with Crippen LogP contribution in [0.2, 0.25) is 0 Å². The molecule has 1 atom stereocenters. The summed E-state index contributed by atoms with van der Waals surface area (Å²) in [5.41, 5.74) is 0. The lowest BCUT2D eigenvalue weighted by atomic mass is 10.1. The Morgan fingerprint density at radius 3 is 2.74 bits per heavy atom. The molecule has 1 N–H and O–H groups in total.